The molecule has 0 saturated carbocycles. The summed E-state index contributed by atoms with van der Waals surface area (Å²) < 4.78 is 5.76. The molecule has 0 fully saturated rings. The van der Waals surface area contributed by atoms with Gasteiger partial charge in [-0.05, 0) is 19.5 Å². The van der Waals surface area contributed by atoms with Crippen LogP contribution in [0.3, 0.4) is 0 Å². The van der Waals surface area contributed by atoms with E-state index >= 15 is 0 Å². The first-order chi connectivity index (χ1) is 7.38. The minimum absolute atomic E-state index is 0.132. The second kappa shape index (κ2) is 7.21. The van der Waals surface area contributed by atoms with Crippen LogP contribution in [0.2, 0.25) is 0 Å². The Bertz CT molecular complexity index is 282. The quantitative estimate of drug-likeness (QED) is 0.721. The third-order valence-electron chi connectivity index (χ3n) is 2.19. The second-order valence-electron chi connectivity index (χ2n) is 3.36. The van der Waals surface area contributed by atoms with Crippen molar-refractivity contribution in [2.24, 2.45) is 0 Å². The maximum atomic E-state index is 5.76. The first kappa shape index (κ1) is 12.0. The molecule has 15 heavy (non-hydrogen) atoms. The maximum absolute atomic E-state index is 5.76. The predicted octanol–water partition coefficient (Wildman–Crippen LogP) is 2.54. The van der Waals surface area contributed by atoms with Crippen LogP contribution in [0.5, 0.6) is 0 Å². The van der Waals surface area contributed by atoms with Crippen molar-refractivity contribution < 1.29 is 4.74 Å². The molecule has 0 bridgehead atoms. The monoisotopic (exact) mass is 205 g/mol. The summed E-state index contributed by atoms with van der Waals surface area (Å²) in [7, 11) is 1.94. The molecular formula is C13H19NO. The number of hydrogen-bond acceptors (Lipinski definition) is 2. The minimum Gasteiger partial charge on any atom is -0.368 e. The summed E-state index contributed by atoms with van der Waals surface area (Å²) in [6.45, 7) is 3.50. The van der Waals surface area contributed by atoms with Gasteiger partial charge < -0.3 is 10.1 Å². The van der Waals surface area contributed by atoms with Gasteiger partial charge in [0.25, 0.3) is 0 Å². The molecule has 0 amide bonds. The lowest BCUT2D eigenvalue weighted by molar-refractivity contribution is 0.0752. The van der Waals surface area contributed by atoms with Gasteiger partial charge in [0.1, 0.15) is 0 Å². The average molecular weight is 205 g/mol. The molecule has 2 heteroatoms. The molecule has 0 aliphatic rings. The molecule has 0 heterocycles. The highest BCUT2D eigenvalue weighted by Gasteiger charge is 2.08. The largest absolute Gasteiger partial charge is 0.368 e. The van der Waals surface area contributed by atoms with E-state index < -0.39 is 0 Å². The van der Waals surface area contributed by atoms with Crippen molar-refractivity contribution in [3.8, 4) is 0 Å². The molecule has 0 saturated heterocycles. The number of likely N-dealkylation sites (N-methyl/N-ethyl adjacent to an activating group) is 1. The Labute approximate surface area is 92.0 Å². The molecule has 82 valence electrons. The van der Waals surface area contributed by atoms with Gasteiger partial charge >= 0.3 is 0 Å². The van der Waals surface area contributed by atoms with Crippen molar-refractivity contribution in [1.29, 1.82) is 0 Å². The number of nitrogens with one attached hydrogen (secondary N) is 1. The van der Waals surface area contributed by atoms with Crippen LogP contribution in [0.25, 0.3) is 0 Å². The maximum Gasteiger partial charge on any atom is 0.0953 e. The second-order valence-corrected chi connectivity index (χ2v) is 3.36. The first-order valence-corrected chi connectivity index (χ1v) is 5.30. The van der Waals surface area contributed by atoms with Crippen molar-refractivity contribution in [1.82, 2.24) is 5.32 Å². The van der Waals surface area contributed by atoms with E-state index in [1.54, 1.807) is 0 Å². The number of allylic oxidation sites excluding steroid dienone is 1. The smallest absolute Gasteiger partial charge is 0.0953 e. The molecule has 0 aromatic heterocycles. The SMILES string of the molecule is CC=CCOC(CNC)c1ccccc1. The Morgan fingerprint density at radius 1 is 1.33 bits per heavy atom. The van der Waals surface area contributed by atoms with E-state index in [1.807, 2.05) is 44.3 Å². The number of rotatable bonds is 6. The fourth-order valence-electron chi connectivity index (χ4n) is 1.39. The van der Waals surface area contributed by atoms with Crippen LogP contribution in [0.15, 0.2) is 42.5 Å². The predicted molar refractivity (Wildman–Crippen MR) is 63.9 cm³/mol. The molecule has 0 aliphatic heterocycles. The van der Waals surface area contributed by atoms with Crippen molar-refractivity contribution >= 4 is 0 Å². The summed E-state index contributed by atoms with van der Waals surface area (Å²) in [5.41, 5.74) is 1.22. The molecule has 0 aliphatic carbocycles. The summed E-state index contributed by atoms with van der Waals surface area (Å²) >= 11 is 0. The topological polar surface area (TPSA) is 21.3 Å². The molecule has 1 aromatic carbocycles. The van der Waals surface area contributed by atoms with Crippen molar-refractivity contribution in [3.63, 3.8) is 0 Å². The van der Waals surface area contributed by atoms with Gasteiger partial charge in [-0.1, -0.05) is 42.5 Å². The van der Waals surface area contributed by atoms with Crippen LogP contribution in [-0.4, -0.2) is 20.2 Å². The highest BCUT2D eigenvalue weighted by Crippen LogP contribution is 2.15. The van der Waals surface area contributed by atoms with E-state index in [0.717, 1.165) is 6.54 Å². The van der Waals surface area contributed by atoms with Crippen LogP contribution in [0.4, 0.5) is 0 Å². The lowest BCUT2D eigenvalue weighted by Crippen LogP contribution is -2.19. The van der Waals surface area contributed by atoms with Gasteiger partial charge in [-0.15, -0.1) is 0 Å². The summed E-state index contributed by atoms with van der Waals surface area (Å²) in [6.07, 6.45) is 4.15. The van der Waals surface area contributed by atoms with E-state index in [2.05, 4.69) is 17.4 Å². The van der Waals surface area contributed by atoms with Gasteiger partial charge in [-0.25, -0.2) is 0 Å². The van der Waals surface area contributed by atoms with Crippen LogP contribution in [0, 0.1) is 0 Å². The molecule has 0 radical (unpaired) electrons. The van der Waals surface area contributed by atoms with Crippen LogP contribution in [0.1, 0.15) is 18.6 Å². The Balaban J connectivity index is 2.57. The number of ether oxygens (including phenoxy) is 1. The number of benzene rings is 1. The average Bonchev–Trinajstić information content (AvgIpc) is 2.29. The molecule has 2 nitrogen and oxygen atoms in total. The van der Waals surface area contributed by atoms with Crippen LogP contribution in [-0.2, 0) is 4.74 Å². The first-order valence-electron chi connectivity index (χ1n) is 5.30. The minimum atomic E-state index is 0.132. The van der Waals surface area contributed by atoms with E-state index in [4.69, 9.17) is 4.74 Å². The summed E-state index contributed by atoms with van der Waals surface area (Å²) in [5, 5.41) is 3.14. The molecule has 0 spiro atoms. The summed E-state index contributed by atoms with van der Waals surface area (Å²) in [6, 6.07) is 10.3. The fourth-order valence-corrected chi connectivity index (χ4v) is 1.39. The summed E-state index contributed by atoms with van der Waals surface area (Å²) in [5.74, 6) is 0. The lowest BCUT2D eigenvalue weighted by Gasteiger charge is -2.16. The van der Waals surface area contributed by atoms with Gasteiger partial charge in [-0.2, -0.15) is 0 Å². The zero-order valence-corrected chi connectivity index (χ0v) is 9.44. The zero-order chi connectivity index (χ0) is 10.9. The van der Waals surface area contributed by atoms with Gasteiger partial charge in [-0.3, -0.25) is 0 Å². The third kappa shape index (κ3) is 4.28. The van der Waals surface area contributed by atoms with Gasteiger partial charge in [0.2, 0.25) is 0 Å². The van der Waals surface area contributed by atoms with Crippen molar-refractivity contribution in [2.75, 3.05) is 20.2 Å². The molecule has 1 unspecified atom stereocenters. The van der Waals surface area contributed by atoms with E-state index in [1.165, 1.54) is 5.56 Å². The van der Waals surface area contributed by atoms with E-state index in [9.17, 15) is 0 Å². The highest BCUT2D eigenvalue weighted by atomic mass is 16.5. The fraction of sp³-hybridized carbons (Fsp3) is 0.385. The Hall–Kier alpha value is -1.12. The third-order valence-corrected chi connectivity index (χ3v) is 2.19. The van der Waals surface area contributed by atoms with Gasteiger partial charge in [0, 0.05) is 6.54 Å². The Morgan fingerprint density at radius 3 is 2.67 bits per heavy atom. The Kier molecular flexibility index (Phi) is 5.74. The molecule has 1 atom stereocenters. The van der Waals surface area contributed by atoms with Crippen molar-refractivity contribution in [3.05, 3.63) is 48.0 Å². The molecule has 1 N–H and O–H groups in total. The van der Waals surface area contributed by atoms with Crippen LogP contribution >= 0.6 is 0 Å². The zero-order valence-electron chi connectivity index (χ0n) is 9.44. The standard InChI is InChI=1S/C13H19NO/c1-3-4-10-15-13(11-14-2)12-8-6-5-7-9-12/h3-9,13-14H,10-11H2,1-2H3. The molecule has 1 rings (SSSR count). The van der Waals surface area contributed by atoms with E-state index in [-0.39, 0.29) is 6.10 Å². The van der Waals surface area contributed by atoms with E-state index in [0.29, 0.717) is 6.61 Å². The normalized spacial score (nSPS) is 13.2. The molecule has 1 aromatic rings. The summed E-state index contributed by atoms with van der Waals surface area (Å²) in [4.78, 5) is 0. The van der Waals surface area contributed by atoms with Crippen LogP contribution < -0.4 is 5.32 Å². The highest BCUT2D eigenvalue weighted by molar-refractivity contribution is 5.17. The van der Waals surface area contributed by atoms with Gasteiger partial charge in [0.15, 0.2) is 0 Å². The lowest BCUT2D eigenvalue weighted by atomic mass is 10.1. The Morgan fingerprint density at radius 2 is 2.07 bits per heavy atom. The molecular weight excluding hydrogens is 186 g/mol. The van der Waals surface area contributed by atoms with Crippen molar-refractivity contribution in [2.45, 2.75) is 13.0 Å². The van der Waals surface area contributed by atoms with Gasteiger partial charge in [0.05, 0.1) is 12.7 Å². The number of hydrogen-bond donors (Lipinski definition) is 1.